The molecule has 4 heteroatoms. The summed E-state index contributed by atoms with van der Waals surface area (Å²) in [5, 5.41) is 11.3. The van der Waals surface area contributed by atoms with Gasteiger partial charge in [-0.2, -0.15) is 0 Å². The Labute approximate surface area is 103 Å². The Bertz CT molecular complexity index is 244. The third-order valence-electron chi connectivity index (χ3n) is 4.14. The van der Waals surface area contributed by atoms with Crippen molar-refractivity contribution in [2.45, 2.75) is 51.0 Å². The van der Waals surface area contributed by atoms with Crippen LogP contribution in [-0.2, 0) is 0 Å². The zero-order valence-electron chi connectivity index (χ0n) is 10.5. The first-order valence-electron chi connectivity index (χ1n) is 6.96. The summed E-state index contributed by atoms with van der Waals surface area (Å²) in [6, 6.07) is 0.199. The number of carboxylic acid groups (broad SMARTS) is 1. The van der Waals surface area contributed by atoms with Gasteiger partial charge in [0.15, 0.2) is 0 Å². The molecule has 2 N–H and O–H groups in total. The first-order chi connectivity index (χ1) is 8.24. The number of piperidine rings is 1. The van der Waals surface area contributed by atoms with Crippen molar-refractivity contribution >= 4 is 6.09 Å². The van der Waals surface area contributed by atoms with Gasteiger partial charge in [0.05, 0.1) is 0 Å². The Balaban J connectivity index is 1.66. The van der Waals surface area contributed by atoms with E-state index in [1.54, 1.807) is 0 Å². The van der Waals surface area contributed by atoms with E-state index in [0.29, 0.717) is 0 Å². The van der Waals surface area contributed by atoms with Crippen molar-refractivity contribution in [2.24, 2.45) is 5.92 Å². The van der Waals surface area contributed by atoms with Gasteiger partial charge in [0.1, 0.15) is 0 Å². The summed E-state index contributed by atoms with van der Waals surface area (Å²) in [7, 11) is 0. The molecule has 0 bridgehead atoms. The van der Waals surface area contributed by atoms with E-state index in [1.165, 1.54) is 51.7 Å². The zero-order chi connectivity index (χ0) is 12.1. The molecule has 2 rings (SSSR count). The predicted molar refractivity (Wildman–Crippen MR) is 67.2 cm³/mol. The van der Waals surface area contributed by atoms with Crippen molar-refractivity contribution in [3.05, 3.63) is 0 Å². The van der Waals surface area contributed by atoms with Crippen LogP contribution in [0.4, 0.5) is 4.79 Å². The largest absolute Gasteiger partial charge is 0.465 e. The number of rotatable bonds is 3. The molecule has 98 valence electrons. The molecule has 2 aliphatic rings. The van der Waals surface area contributed by atoms with E-state index < -0.39 is 6.09 Å². The molecule has 1 saturated heterocycles. The van der Waals surface area contributed by atoms with Crippen molar-refractivity contribution < 1.29 is 9.90 Å². The van der Waals surface area contributed by atoms with Crippen molar-refractivity contribution in [1.29, 1.82) is 0 Å². The minimum atomic E-state index is -0.871. The predicted octanol–water partition coefficient (Wildman–Crippen LogP) is 2.30. The van der Waals surface area contributed by atoms with Gasteiger partial charge in [-0.15, -0.1) is 0 Å². The Hall–Kier alpha value is -0.770. The summed E-state index contributed by atoms with van der Waals surface area (Å²) >= 11 is 0. The molecular formula is C13H24N2O2. The molecule has 0 spiro atoms. The number of nitrogens with one attached hydrogen (secondary N) is 1. The van der Waals surface area contributed by atoms with Crippen LogP contribution in [0.15, 0.2) is 0 Å². The second kappa shape index (κ2) is 6.24. The monoisotopic (exact) mass is 240 g/mol. The lowest BCUT2D eigenvalue weighted by molar-refractivity contribution is 0.157. The molecule has 1 amide bonds. The van der Waals surface area contributed by atoms with Gasteiger partial charge in [0.2, 0.25) is 0 Å². The van der Waals surface area contributed by atoms with E-state index in [0.717, 1.165) is 18.8 Å². The van der Waals surface area contributed by atoms with E-state index in [-0.39, 0.29) is 6.04 Å². The second-order valence-electron chi connectivity index (χ2n) is 5.53. The molecule has 17 heavy (non-hydrogen) atoms. The number of hydrogen-bond acceptors (Lipinski definition) is 2. The number of likely N-dealkylation sites (tertiary alicyclic amines) is 1. The van der Waals surface area contributed by atoms with E-state index in [1.807, 2.05) is 0 Å². The summed E-state index contributed by atoms with van der Waals surface area (Å²) in [6.07, 6.45) is 7.64. The lowest BCUT2D eigenvalue weighted by Crippen LogP contribution is -2.40. The van der Waals surface area contributed by atoms with Gasteiger partial charge >= 0.3 is 6.09 Å². The number of carbonyl (C=O) groups is 1. The first-order valence-corrected chi connectivity index (χ1v) is 6.96. The summed E-state index contributed by atoms with van der Waals surface area (Å²) in [6.45, 7) is 3.78. The maximum absolute atomic E-state index is 10.5. The Morgan fingerprint density at radius 2 is 1.76 bits per heavy atom. The first kappa shape index (κ1) is 12.7. The van der Waals surface area contributed by atoms with Crippen LogP contribution in [0.1, 0.15) is 44.9 Å². The minimum Gasteiger partial charge on any atom is -0.465 e. The number of amides is 1. The second-order valence-corrected chi connectivity index (χ2v) is 5.53. The van der Waals surface area contributed by atoms with E-state index in [4.69, 9.17) is 5.11 Å². The average Bonchev–Trinajstić information content (AvgIpc) is 2.32. The number of nitrogens with zero attached hydrogens (tertiary/aromatic N) is 1. The number of hydrogen-bond donors (Lipinski definition) is 2. The van der Waals surface area contributed by atoms with Crippen LogP contribution < -0.4 is 5.32 Å². The zero-order valence-corrected chi connectivity index (χ0v) is 10.5. The standard InChI is InChI=1S/C13H24N2O2/c16-13(17)14-12-6-4-11(5-7-12)10-15-8-2-1-3-9-15/h11-12,14H,1-10H2,(H,16,17)/t11-,12-. The highest BCUT2D eigenvalue weighted by Crippen LogP contribution is 2.26. The van der Waals surface area contributed by atoms with Gasteiger partial charge in [-0.1, -0.05) is 6.42 Å². The molecule has 0 radical (unpaired) electrons. The molecule has 0 unspecified atom stereocenters. The highest BCUT2D eigenvalue weighted by Gasteiger charge is 2.24. The van der Waals surface area contributed by atoms with Crippen LogP contribution in [0, 0.1) is 5.92 Å². The third kappa shape index (κ3) is 4.19. The molecule has 1 heterocycles. The van der Waals surface area contributed by atoms with Crippen LogP contribution in [0.25, 0.3) is 0 Å². The van der Waals surface area contributed by atoms with Gasteiger partial charge in [-0.3, -0.25) is 0 Å². The van der Waals surface area contributed by atoms with Crippen LogP contribution in [0.2, 0.25) is 0 Å². The van der Waals surface area contributed by atoms with E-state index >= 15 is 0 Å². The summed E-state index contributed by atoms with van der Waals surface area (Å²) < 4.78 is 0. The molecule has 1 aliphatic carbocycles. The van der Waals surface area contributed by atoms with Crippen LogP contribution in [0.3, 0.4) is 0 Å². The SMILES string of the molecule is O=C(O)N[C@H]1CC[C@H](CN2CCCCC2)CC1. The lowest BCUT2D eigenvalue weighted by Gasteiger charge is -2.34. The van der Waals surface area contributed by atoms with Gasteiger partial charge in [-0.25, -0.2) is 4.79 Å². The fourth-order valence-electron chi connectivity index (χ4n) is 3.17. The van der Waals surface area contributed by atoms with Crippen molar-refractivity contribution in [3.8, 4) is 0 Å². The van der Waals surface area contributed by atoms with Crippen molar-refractivity contribution in [3.63, 3.8) is 0 Å². The molecular weight excluding hydrogens is 216 g/mol. The molecule has 0 atom stereocenters. The fourth-order valence-corrected chi connectivity index (χ4v) is 3.17. The quantitative estimate of drug-likeness (QED) is 0.796. The summed E-state index contributed by atoms with van der Waals surface area (Å²) in [4.78, 5) is 13.1. The Kier molecular flexibility index (Phi) is 4.66. The molecule has 1 saturated carbocycles. The maximum Gasteiger partial charge on any atom is 0.404 e. The Morgan fingerprint density at radius 1 is 1.12 bits per heavy atom. The lowest BCUT2D eigenvalue weighted by atomic mass is 9.85. The molecule has 0 aromatic rings. The highest BCUT2D eigenvalue weighted by atomic mass is 16.4. The van der Waals surface area contributed by atoms with Crippen LogP contribution in [0.5, 0.6) is 0 Å². The molecule has 0 aromatic carbocycles. The fraction of sp³-hybridized carbons (Fsp3) is 0.923. The smallest absolute Gasteiger partial charge is 0.404 e. The molecule has 2 fully saturated rings. The van der Waals surface area contributed by atoms with Gasteiger partial charge in [-0.05, 0) is 57.5 Å². The van der Waals surface area contributed by atoms with Crippen LogP contribution >= 0.6 is 0 Å². The van der Waals surface area contributed by atoms with Crippen molar-refractivity contribution in [2.75, 3.05) is 19.6 Å². The normalized spacial score (nSPS) is 31.1. The minimum absolute atomic E-state index is 0.199. The highest BCUT2D eigenvalue weighted by molar-refractivity contribution is 5.64. The van der Waals surface area contributed by atoms with E-state index in [9.17, 15) is 4.79 Å². The van der Waals surface area contributed by atoms with Crippen molar-refractivity contribution in [1.82, 2.24) is 10.2 Å². The topological polar surface area (TPSA) is 52.6 Å². The Morgan fingerprint density at radius 3 is 2.35 bits per heavy atom. The summed E-state index contributed by atoms with van der Waals surface area (Å²) in [5.41, 5.74) is 0. The van der Waals surface area contributed by atoms with Gasteiger partial charge in [0.25, 0.3) is 0 Å². The van der Waals surface area contributed by atoms with E-state index in [2.05, 4.69) is 10.2 Å². The average molecular weight is 240 g/mol. The third-order valence-corrected chi connectivity index (χ3v) is 4.14. The van der Waals surface area contributed by atoms with Gasteiger partial charge < -0.3 is 15.3 Å². The van der Waals surface area contributed by atoms with Gasteiger partial charge in [0, 0.05) is 12.6 Å². The molecule has 1 aliphatic heterocycles. The summed E-state index contributed by atoms with van der Waals surface area (Å²) in [5.74, 6) is 0.792. The molecule has 4 nitrogen and oxygen atoms in total. The van der Waals surface area contributed by atoms with Crippen LogP contribution in [-0.4, -0.2) is 41.8 Å². The maximum atomic E-state index is 10.5. The molecule has 0 aromatic heterocycles.